The minimum absolute atomic E-state index is 0.625. The van der Waals surface area contributed by atoms with Gasteiger partial charge in [0.15, 0.2) is 5.82 Å². The molecule has 3 heterocycles. The van der Waals surface area contributed by atoms with Crippen molar-refractivity contribution in [2.45, 2.75) is 6.54 Å². The van der Waals surface area contributed by atoms with Gasteiger partial charge in [0.25, 0.3) is 0 Å². The average Bonchev–Trinajstić information content (AvgIpc) is 3.37. The number of pyridine rings is 1. The summed E-state index contributed by atoms with van der Waals surface area (Å²) in [5.74, 6) is 2.18. The van der Waals surface area contributed by atoms with Crippen LogP contribution < -0.4 is 10.1 Å². The molecule has 0 unspecified atom stereocenters. The lowest BCUT2D eigenvalue weighted by atomic mass is 10.0. The number of hydrogen-bond acceptors (Lipinski definition) is 6. The van der Waals surface area contributed by atoms with Crippen LogP contribution in [0.15, 0.2) is 90.2 Å². The first-order valence-electron chi connectivity index (χ1n) is 11.0. The summed E-state index contributed by atoms with van der Waals surface area (Å²) in [6.45, 7) is 0.737. The van der Waals surface area contributed by atoms with Crippen LogP contribution in [0.1, 0.15) is 11.1 Å². The van der Waals surface area contributed by atoms with E-state index in [9.17, 15) is 0 Å². The molecular weight excluding hydrogens is 422 g/mol. The molecule has 5 aromatic rings. The average molecular weight is 444 g/mol. The molecule has 0 saturated carbocycles. The monoisotopic (exact) mass is 443 g/mol. The van der Waals surface area contributed by atoms with Crippen LogP contribution in [0.4, 0.5) is 11.5 Å². The highest BCUT2D eigenvalue weighted by molar-refractivity contribution is 5.96. The molecule has 2 aromatic heterocycles. The van der Waals surface area contributed by atoms with E-state index < -0.39 is 0 Å². The first-order valence-corrected chi connectivity index (χ1v) is 11.0. The van der Waals surface area contributed by atoms with Crippen LogP contribution in [0.2, 0.25) is 0 Å². The van der Waals surface area contributed by atoms with Gasteiger partial charge in [-0.05, 0) is 70.8 Å². The summed E-state index contributed by atoms with van der Waals surface area (Å²) in [4.78, 5) is 18.3. The number of nitrogens with one attached hydrogen (secondary N) is 1. The van der Waals surface area contributed by atoms with Gasteiger partial charge < -0.3 is 10.1 Å². The Balaban J connectivity index is 1.50. The third kappa shape index (κ3) is 3.75. The Bertz CT molecular complexity index is 1550. The van der Waals surface area contributed by atoms with Crippen molar-refractivity contribution in [2.75, 3.05) is 12.4 Å². The molecule has 34 heavy (non-hydrogen) atoms. The van der Waals surface area contributed by atoms with Crippen LogP contribution in [0, 0.1) is 0 Å². The van der Waals surface area contributed by atoms with Gasteiger partial charge in [0.2, 0.25) is 0 Å². The highest BCUT2D eigenvalue weighted by atomic mass is 16.5. The highest BCUT2D eigenvalue weighted by Gasteiger charge is 2.13. The second-order valence-corrected chi connectivity index (χ2v) is 8.11. The molecular formula is C28H21N5O. The molecule has 0 amide bonds. The van der Waals surface area contributed by atoms with E-state index >= 15 is 0 Å². The largest absolute Gasteiger partial charge is 0.497 e. The van der Waals surface area contributed by atoms with Crippen molar-refractivity contribution in [1.29, 1.82) is 0 Å². The summed E-state index contributed by atoms with van der Waals surface area (Å²) >= 11 is 0. The highest BCUT2D eigenvalue weighted by Crippen LogP contribution is 2.32. The standard InChI is InChI=1S/C28H21N5O/c1-34-24-6-2-4-18(13-24)19-8-10-26-25(14-19)28(33-27(32-26)21-5-3-11-29-16-21)31-23-9-7-20-15-30-17-22(20)12-23/h2-14,16-17H,15H2,1H3,(H,31,32,33). The van der Waals surface area contributed by atoms with E-state index in [0.717, 1.165) is 57.0 Å². The van der Waals surface area contributed by atoms with Crippen LogP contribution in [-0.4, -0.2) is 28.3 Å². The molecule has 0 bridgehead atoms. The van der Waals surface area contributed by atoms with E-state index in [-0.39, 0.29) is 0 Å². The second kappa shape index (κ2) is 8.41. The van der Waals surface area contributed by atoms with Crippen LogP contribution in [0.5, 0.6) is 5.75 Å². The normalized spacial score (nSPS) is 12.0. The number of aliphatic imine (C=N–C) groups is 1. The van der Waals surface area contributed by atoms with Crippen molar-refractivity contribution < 1.29 is 4.74 Å². The van der Waals surface area contributed by atoms with Crippen molar-refractivity contribution in [3.05, 3.63) is 96.3 Å². The number of benzene rings is 3. The van der Waals surface area contributed by atoms with E-state index in [2.05, 4.69) is 51.7 Å². The molecule has 6 rings (SSSR count). The molecule has 0 atom stereocenters. The molecule has 0 fully saturated rings. The molecule has 0 saturated heterocycles. The van der Waals surface area contributed by atoms with E-state index in [1.165, 1.54) is 5.56 Å². The quantitative estimate of drug-likeness (QED) is 0.358. The first-order chi connectivity index (χ1) is 16.8. The van der Waals surface area contributed by atoms with Gasteiger partial charge in [-0.2, -0.15) is 0 Å². The van der Waals surface area contributed by atoms with Crippen molar-refractivity contribution in [3.8, 4) is 28.3 Å². The van der Waals surface area contributed by atoms with Crippen LogP contribution in [0.3, 0.4) is 0 Å². The number of anilines is 2. The summed E-state index contributed by atoms with van der Waals surface area (Å²) in [6, 6.07) is 24.4. The van der Waals surface area contributed by atoms with Gasteiger partial charge >= 0.3 is 0 Å². The molecule has 6 heteroatoms. The van der Waals surface area contributed by atoms with Gasteiger partial charge in [0, 0.05) is 35.2 Å². The third-order valence-corrected chi connectivity index (χ3v) is 5.92. The van der Waals surface area contributed by atoms with E-state index in [1.54, 1.807) is 19.5 Å². The Morgan fingerprint density at radius 2 is 1.76 bits per heavy atom. The lowest BCUT2D eigenvalue weighted by Gasteiger charge is -2.13. The number of fused-ring (bicyclic) bond motifs is 2. The molecule has 1 aliphatic rings. The molecule has 0 aliphatic carbocycles. The van der Waals surface area contributed by atoms with E-state index in [1.807, 2.05) is 42.6 Å². The third-order valence-electron chi connectivity index (χ3n) is 5.92. The molecule has 164 valence electrons. The van der Waals surface area contributed by atoms with Crippen LogP contribution >= 0.6 is 0 Å². The van der Waals surface area contributed by atoms with Crippen LogP contribution in [-0.2, 0) is 6.54 Å². The van der Waals surface area contributed by atoms with Gasteiger partial charge in [-0.3, -0.25) is 9.98 Å². The zero-order chi connectivity index (χ0) is 22.9. The molecule has 1 N–H and O–H groups in total. The van der Waals surface area contributed by atoms with E-state index in [0.29, 0.717) is 5.82 Å². The maximum Gasteiger partial charge on any atom is 0.163 e. The predicted molar refractivity (Wildman–Crippen MR) is 136 cm³/mol. The number of methoxy groups -OCH3 is 1. The minimum atomic E-state index is 0.625. The topological polar surface area (TPSA) is 72.3 Å². The van der Waals surface area contributed by atoms with Gasteiger partial charge in [-0.15, -0.1) is 0 Å². The lowest BCUT2D eigenvalue weighted by molar-refractivity contribution is 0.415. The summed E-state index contributed by atoms with van der Waals surface area (Å²) in [6.07, 6.45) is 5.44. The number of nitrogens with zero attached hydrogens (tertiary/aromatic N) is 4. The van der Waals surface area contributed by atoms with Crippen molar-refractivity contribution in [3.63, 3.8) is 0 Å². The molecule has 0 spiro atoms. The molecule has 3 aromatic carbocycles. The van der Waals surface area contributed by atoms with Crippen molar-refractivity contribution >= 4 is 28.6 Å². The zero-order valence-corrected chi connectivity index (χ0v) is 18.6. The van der Waals surface area contributed by atoms with Crippen molar-refractivity contribution in [2.24, 2.45) is 4.99 Å². The minimum Gasteiger partial charge on any atom is -0.497 e. The van der Waals surface area contributed by atoms with E-state index in [4.69, 9.17) is 14.7 Å². The first kappa shape index (κ1) is 20.1. The Kier molecular flexibility index (Phi) is 4.96. The molecule has 0 radical (unpaired) electrons. The maximum atomic E-state index is 5.41. The fourth-order valence-corrected chi connectivity index (χ4v) is 4.15. The lowest BCUT2D eigenvalue weighted by Crippen LogP contribution is -2.00. The second-order valence-electron chi connectivity index (χ2n) is 8.11. The molecule has 1 aliphatic heterocycles. The zero-order valence-electron chi connectivity index (χ0n) is 18.6. The Morgan fingerprint density at radius 3 is 2.65 bits per heavy atom. The van der Waals surface area contributed by atoms with Gasteiger partial charge in [0.05, 0.1) is 19.2 Å². The van der Waals surface area contributed by atoms with Gasteiger partial charge in [-0.1, -0.05) is 24.3 Å². The van der Waals surface area contributed by atoms with Crippen LogP contribution in [0.25, 0.3) is 33.4 Å². The van der Waals surface area contributed by atoms with Gasteiger partial charge in [-0.25, -0.2) is 9.97 Å². The SMILES string of the molecule is COc1cccc(-c2ccc3nc(-c4cccnc4)nc(Nc4ccc5c(c4)C=NC5)c3c2)c1. The molecule has 6 nitrogen and oxygen atoms in total. The smallest absolute Gasteiger partial charge is 0.163 e. The predicted octanol–water partition coefficient (Wildman–Crippen LogP) is 6.04. The Labute approximate surface area is 197 Å². The number of ether oxygens (including phenoxy) is 1. The number of rotatable bonds is 5. The maximum absolute atomic E-state index is 5.41. The van der Waals surface area contributed by atoms with Gasteiger partial charge in [0.1, 0.15) is 11.6 Å². The summed E-state index contributed by atoms with van der Waals surface area (Å²) in [5.41, 5.74) is 7.17. The summed E-state index contributed by atoms with van der Waals surface area (Å²) in [5, 5.41) is 4.46. The summed E-state index contributed by atoms with van der Waals surface area (Å²) < 4.78 is 5.41. The number of aromatic nitrogens is 3. The fraction of sp³-hybridized carbons (Fsp3) is 0.0714. The summed E-state index contributed by atoms with van der Waals surface area (Å²) in [7, 11) is 1.68. The van der Waals surface area contributed by atoms with Crippen molar-refractivity contribution in [1.82, 2.24) is 15.0 Å². The fourth-order valence-electron chi connectivity index (χ4n) is 4.15. The Hall–Kier alpha value is -4.58. The number of hydrogen-bond donors (Lipinski definition) is 1. The Morgan fingerprint density at radius 1 is 0.853 bits per heavy atom.